The summed E-state index contributed by atoms with van der Waals surface area (Å²) in [4.78, 5) is 36.5. The molecule has 0 N–H and O–H groups in total. The molecule has 8 heteroatoms. The maximum atomic E-state index is 12.4. The number of hydrogen-bond acceptors (Lipinski definition) is 6. The number of carbonyl (C=O) groups excluding carboxylic acids is 3. The number of amides is 2. The molecule has 2 bridgehead atoms. The van der Waals surface area contributed by atoms with E-state index in [4.69, 9.17) is 4.74 Å². The van der Waals surface area contributed by atoms with Crippen LogP contribution in [0.1, 0.15) is 6.92 Å². The topological polar surface area (TPSA) is 85.4 Å². The minimum absolute atomic E-state index is 0.150. The molecular weight excluding hydrogens is 280 g/mol. The van der Waals surface area contributed by atoms with Gasteiger partial charge < -0.3 is 14.2 Å². The molecular formula is C13H16N2O6. The molecule has 0 fully saturated rings. The molecule has 0 saturated carbocycles. The summed E-state index contributed by atoms with van der Waals surface area (Å²) in [6, 6.07) is -0.642. The molecule has 2 amide bonds. The molecule has 0 aromatic carbocycles. The zero-order valence-corrected chi connectivity index (χ0v) is 11.9. The largest absolute Gasteiger partial charge is 0.451 e. The Bertz CT molecular complexity index is 529. The summed E-state index contributed by atoms with van der Waals surface area (Å²) in [5.41, 5.74) is -1.75. The number of fused-ring (bicyclic) bond motifs is 2. The van der Waals surface area contributed by atoms with E-state index in [2.05, 4.69) is 9.47 Å². The Morgan fingerprint density at radius 2 is 1.90 bits per heavy atom. The van der Waals surface area contributed by atoms with E-state index in [1.807, 2.05) is 0 Å². The lowest BCUT2D eigenvalue weighted by molar-refractivity contribution is -0.189. The van der Waals surface area contributed by atoms with Crippen LogP contribution in [-0.2, 0) is 19.0 Å². The van der Waals surface area contributed by atoms with Gasteiger partial charge in [0.2, 0.25) is 11.5 Å². The second-order valence-electron chi connectivity index (χ2n) is 4.30. The van der Waals surface area contributed by atoms with Gasteiger partial charge in [-0.2, -0.15) is 10.0 Å². The van der Waals surface area contributed by atoms with Crippen molar-refractivity contribution in [2.75, 3.05) is 20.8 Å². The van der Waals surface area contributed by atoms with Gasteiger partial charge in [-0.05, 0) is 19.1 Å². The fraction of sp³-hybridized carbons (Fsp3) is 0.462. The maximum Gasteiger partial charge on any atom is 0.432 e. The number of rotatable bonds is 2. The van der Waals surface area contributed by atoms with Crippen LogP contribution in [0.5, 0.6) is 0 Å². The number of hydrazine groups is 1. The number of methoxy groups -OCH3 is 2. The van der Waals surface area contributed by atoms with Gasteiger partial charge in [-0.1, -0.05) is 12.2 Å². The van der Waals surface area contributed by atoms with Crippen molar-refractivity contribution in [2.24, 2.45) is 0 Å². The number of nitrogens with zero attached hydrogens (tertiary/aromatic N) is 2. The predicted octanol–water partition coefficient (Wildman–Crippen LogP) is 0.848. The van der Waals surface area contributed by atoms with Crippen LogP contribution >= 0.6 is 0 Å². The van der Waals surface area contributed by atoms with E-state index in [0.29, 0.717) is 0 Å². The fourth-order valence-electron chi connectivity index (χ4n) is 2.32. The molecule has 2 atom stereocenters. The van der Waals surface area contributed by atoms with E-state index >= 15 is 0 Å². The van der Waals surface area contributed by atoms with Crippen molar-refractivity contribution < 1.29 is 28.6 Å². The Kier molecular flexibility index (Phi) is 3.99. The average Bonchev–Trinajstić information content (AvgIpc) is 2.72. The van der Waals surface area contributed by atoms with Gasteiger partial charge in [0.25, 0.3) is 0 Å². The van der Waals surface area contributed by atoms with Gasteiger partial charge in [-0.3, -0.25) is 4.79 Å². The van der Waals surface area contributed by atoms with E-state index in [0.717, 1.165) is 17.1 Å². The Morgan fingerprint density at radius 1 is 1.24 bits per heavy atom. The van der Waals surface area contributed by atoms with Gasteiger partial charge in [-0.25, -0.2) is 9.59 Å². The number of hydrogen-bond donors (Lipinski definition) is 0. The van der Waals surface area contributed by atoms with E-state index < -0.39 is 29.7 Å². The lowest BCUT2D eigenvalue weighted by Crippen LogP contribution is -2.67. The number of carbonyl (C=O) groups is 3. The van der Waals surface area contributed by atoms with Crippen molar-refractivity contribution in [3.8, 4) is 0 Å². The van der Waals surface area contributed by atoms with E-state index in [9.17, 15) is 14.4 Å². The van der Waals surface area contributed by atoms with Gasteiger partial charge in [-0.15, -0.1) is 0 Å². The Hall–Kier alpha value is -2.35. The first kappa shape index (κ1) is 15.0. The first-order chi connectivity index (χ1) is 10.0. The zero-order valence-electron chi connectivity index (χ0n) is 11.9. The van der Waals surface area contributed by atoms with Gasteiger partial charge in [0.1, 0.15) is 0 Å². The van der Waals surface area contributed by atoms with Crippen molar-refractivity contribution >= 4 is 18.0 Å². The Labute approximate surface area is 121 Å². The molecule has 2 aliphatic heterocycles. The molecule has 8 nitrogen and oxygen atoms in total. The summed E-state index contributed by atoms with van der Waals surface area (Å²) >= 11 is 0. The highest BCUT2D eigenvalue weighted by Crippen LogP contribution is 2.34. The fourth-order valence-corrected chi connectivity index (χ4v) is 2.32. The van der Waals surface area contributed by atoms with Gasteiger partial charge in [0.15, 0.2) is 0 Å². The third-order valence-electron chi connectivity index (χ3n) is 3.20. The minimum Gasteiger partial charge on any atom is -0.451 e. The lowest BCUT2D eigenvalue weighted by Gasteiger charge is -2.46. The monoisotopic (exact) mass is 296 g/mol. The summed E-state index contributed by atoms with van der Waals surface area (Å²) in [6.45, 7) is 1.82. The molecule has 0 aromatic heterocycles. The first-order valence-electron chi connectivity index (χ1n) is 6.33. The first-order valence-corrected chi connectivity index (χ1v) is 6.33. The molecule has 0 aromatic rings. The Morgan fingerprint density at radius 3 is 2.48 bits per heavy atom. The van der Waals surface area contributed by atoms with Crippen LogP contribution in [0, 0.1) is 0 Å². The SMILES string of the molecule is CCO[C@]12C=C[C@H](C=CC1=O)N(C(=O)OC)N2C(=O)OC. The highest BCUT2D eigenvalue weighted by Gasteiger charge is 2.55. The smallest absolute Gasteiger partial charge is 0.432 e. The highest BCUT2D eigenvalue weighted by molar-refractivity contribution is 6.02. The lowest BCUT2D eigenvalue weighted by atomic mass is 10.1. The van der Waals surface area contributed by atoms with Crippen LogP contribution in [0.25, 0.3) is 0 Å². The van der Waals surface area contributed by atoms with Crippen molar-refractivity contribution in [3.63, 3.8) is 0 Å². The molecule has 3 rings (SSSR count). The normalized spacial score (nSPS) is 26.8. The molecule has 114 valence electrons. The molecule has 21 heavy (non-hydrogen) atoms. The summed E-state index contributed by atoms with van der Waals surface area (Å²) in [7, 11) is 2.33. The van der Waals surface area contributed by atoms with Crippen LogP contribution in [0.2, 0.25) is 0 Å². The summed E-state index contributed by atoms with van der Waals surface area (Å²) in [6.07, 6.45) is 4.09. The third kappa shape index (κ3) is 2.17. The van der Waals surface area contributed by atoms with E-state index in [1.165, 1.54) is 25.3 Å². The highest BCUT2D eigenvalue weighted by atomic mass is 16.6. The average molecular weight is 296 g/mol. The molecule has 0 unspecified atom stereocenters. The molecule has 2 heterocycles. The third-order valence-corrected chi connectivity index (χ3v) is 3.20. The van der Waals surface area contributed by atoms with E-state index in [-0.39, 0.29) is 6.61 Å². The second kappa shape index (κ2) is 5.57. The van der Waals surface area contributed by atoms with Crippen LogP contribution in [0.3, 0.4) is 0 Å². The van der Waals surface area contributed by atoms with Gasteiger partial charge in [0.05, 0.1) is 20.3 Å². The van der Waals surface area contributed by atoms with Crippen molar-refractivity contribution in [3.05, 3.63) is 24.3 Å². The number of ether oxygens (including phenoxy) is 3. The molecule has 0 spiro atoms. The summed E-state index contributed by atoms with van der Waals surface area (Å²) in [5, 5.41) is 1.83. The van der Waals surface area contributed by atoms with Gasteiger partial charge >= 0.3 is 12.2 Å². The van der Waals surface area contributed by atoms with Crippen molar-refractivity contribution in [1.82, 2.24) is 10.0 Å². The van der Waals surface area contributed by atoms with Crippen LogP contribution in [-0.4, -0.2) is 60.6 Å². The number of ketones is 1. The summed E-state index contributed by atoms with van der Waals surface area (Å²) < 4.78 is 14.9. The van der Waals surface area contributed by atoms with Gasteiger partial charge in [0, 0.05) is 6.61 Å². The van der Waals surface area contributed by atoms with Crippen LogP contribution in [0.15, 0.2) is 24.3 Å². The van der Waals surface area contributed by atoms with E-state index in [1.54, 1.807) is 13.0 Å². The maximum absolute atomic E-state index is 12.4. The summed E-state index contributed by atoms with van der Waals surface area (Å²) in [5.74, 6) is -0.486. The molecule has 1 aliphatic carbocycles. The zero-order chi connectivity index (χ0) is 15.6. The van der Waals surface area contributed by atoms with Crippen molar-refractivity contribution in [2.45, 2.75) is 18.7 Å². The minimum atomic E-state index is -1.75. The predicted molar refractivity (Wildman–Crippen MR) is 69.9 cm³/mol. The van der Waals surface area contributed by atoms with Crippen LogP contribution in [0.4, 0.5) is 9.59 Å². The van der Waals surface area contributed by atoms with Crippen LogP contribution < -0.4 is 0 Å². The quantitative estimate of drug-likeness (QED) is 0.702. The van der Waals surface area contributed by atoms with Crippen molar-refractivity contribution in [1.29, 1.82) is 0 Å². The molecule has 0 saturated heterocycles. The molecule has 0 radical (unpaired) electrons. The standard InChI is InChI=1S/C13H16N2O6/c1-4-21-13-8-7-9(5-6-10(13)16)14(11(17)19-2)15(13)12(18)20-3/h5-9H,4H2,1-3H3/t9-,13+/m0/s1. The second-order valence-corrected chi connectivity index (χ2v) is 4.30. The Balaban J connectivity index is 2.61. The molecule has 3 aliphatic rings.